The highest BCUT2D eigenvalue weighted by atomic mass is 35.5. The zero-order valence-corrected chi connectivity index (χ0v) is 19.1. The molecule has 9 nitrogen and oxygen atoms in total. The molecule has 3 aliphatic heterocycles. The van der Waals surface area contributed by atoms with Crippen molar-refractivity contribution in [2.24, 2.45) is 0 Å². The van der Waals surface area contributed by atoms with Crippen molar-refractivity contribution in [1.82, 2.24) is 34.4 Å². The van der Waals surface area contributed by atoms with Crippen LogP contribution in [0.25, 0.3) is 5.69 Å². The van der Waals surface area contributed by atoms with Gasteiger partial charge in [-0.15, -0.1) is 5.10 Å². The Balaban J connectivity index is 1.48. The second-order valence-corrected chi connectivity index (χ2v) is 9.09. The summed E-state index contributed by atoms with van der Waals surface area (Å²) in [5.74, 6) is 0.785. The summed E-state index contributed by atoms with van der Waals surface area (Å²) in [4.78, 5) is 28.8. The largest absolute Gasteiger partial charge is 0.349 e. The maximum atomic E-state index is 13.2. The van der Waals surface area contributed by atoms with E-state index in [2.05, 4.69) is 26.9 Å². The quantitative estimate of drug-likeness (QED) is 0.570. The smallest absolute Gasteiger partial charge is 0.293 e. The molecule has 10 heteroatoms. The molecule has 0 saturated carbocycles. The number of carbonyl (C=O) groups is 1. The normalized spacial score (nSPS) is 23.0. The number of ether oxygens (including phenoxy) is 1. The number of likely N-dealkylation sites (N-methyl/N-ethyl adjacent to an activating group) is 1. The Labute approximate surface area is 196 Å². The van der Waals surface area contributed by atoms with Gasteiger partial charge < -0.3 is 14.5 Å². The van der Waals surface area contributed by atoms with Gasteiger partial charge >= 0.3 is 0 Å². The van der Waals surface area contributed by atoms with Crippen molar-refractivity contribution in [3.05, 3.63) is 70.5 Å². The van der Waals surface area contributed by atoms with Crippen LogP contribution in [0.1, 0.15) is 27.7 Å². The van der Waals surface area contributed by atoms with Gasteiger partial charge in [-0.3, -0.25) is 14.7 Å². The lowest BCUT2D eigenvalue weighted by molar-refractivity contribution is -0.0585. The van der Waals surface area contributed by atoms with Crippen LogP contribution in [0.4, 0.5) is 0 Å². The summed E-state index contributed by atoms with van der Waals surface area (Å²) in [7, 11) is 2.06. The highest BCUT2D eigenvalue weighted by Crippen LogP contribution is 2.45. The zero-order chi connectivity index (χ0) is 22.6. The van der Waals surface area contributed by atoms with Gasteiger partial charge in [0.1, 0.15) is 5.82 Å². The van der Waals surface area contributed by atoms with E-state index in [1.807, 2.05) is 41.3 Å². The standard InChI is InChI=1S/C23H24ClN7O2/c1-28-8-10-29(11-9-28)22(32)21-26-20-15-30-12-13-33-23(30,19-4-2-3-7-25-19)17-14-16(24)5-6-18(17)31(20)27-21/h2-7,14H,8-13,15H2,1H3. The van der Waals surface area contributed by atoms with Gasteiger partial charge in [-0.05, 0) is 37.4 Å². The lowest BCUT2D eigenvalue weighted by Gasteiger charge is -2.36. The van der Waals surface area contributed by atoms with E-state index in [1.54, 1.807) is 10.9 Å². The molecule has 1 amide bonds. The van der Waals surface area contributed by atoms with Crippen LogP contribution in [-0.2, 0) is 17.0 Å². The summed E-state index contributed by atoms with van der Waals surface area (Å²) >= 11 is 6.46. The molecule has 2 fully saturated rings. The summed E-state index contributed by atoms with van der Waals surface area (Å²) in [6.45, 7) is 4.74. The Morgan fingerprint density at radius 2 is 1.97 bits per heavy atom. The van der Waals surface area contributed by atoms with Crippen molar-refractivity contribution in [1.29, 1.82) is 0 Å². The van der Waals surface area contributed by atoms with Crippen LogP contribution in [0.2, 0.25) is 5.02 Å². The second-order valence-electron chi connectivity index (χ2n) is 8.65. The van der Waals surface area contributed by atoms with Crippen LogP contribution in [0.15, 0.2) is 42.6 Å². The number of halogens is 1. The topological polar surface area (TPSA) is 79.6 Å². The zero-order valence-electron chi connectivity index (χ0n) is 18.3. The van der Waals surface area contributed by atoms with Crippen molar-refractivity contribution in [3.8, 4) is 5.69 Å². The van der Waals surface area contributed by atoms with E-state index in [9.17, 15) is 4.79 Å². The third-order valence-electron chi connectivity index (χ3n) is 6.67. The molecular formula is C23H24ClN7O2. The number of aromatic nitrogens is 4. The van der Waals surface area contributed by atoms with Gasteiger partial charge in [0, 0.05) is 49.5 Å². The molecule has 3 aromatic rings. The summed E-state index contributed by atoms with van der Waals surface area (Å²) < 4.78 is 8.20. The van der Waals surface area contributed by atoms with Crippen molar-refractivity contribution in [3.63, 3.8) is 0 Å². The molecule has 1 unspecified atom stereocenters. The lowest BCUT2D eigenvalue weighted by Crippen LogP contribution is -2.47. The van der Waals surface area contributed by atoms with Crippen molar-refractivity contribution in [2.75, 3.05) is 46.4 Å². The molecule has 0 spiro atoms. The molecule has 0 aliphatic carbocycles. The third kappa shape index (κ3) is 3.26. The summed E-state index contributed by atoms with van der Waals surface area (Å²) in [6.07, 6.45) is 1.77. The summed E-state index contributed by atoms with van der Waals surface area (Å²) in [5, 5.41) is 5.28. The number of hydrogen-bond acceptors (Lipinski definition) is 7. The molecule has 170 valence electrons. The fraction of sp³-hybridized carbons (Fsp3) is 0.391. The van der Waals surface area contributed by atoms with E-state index < -0.39 is 5.72 Å². The molecule has 0 bridgehead atoms. The number of fused-ring (bicyclic) bond motifs is 5. The van der Waals surface area contributed by atoms with Crippen LogP contribution in [0.5, 0.6) is 0 Å². The number of carbonyl (C=O) groups excluding carboxylic acids is 1. The first-order chi connectivity index (χ1) is 16.1. The molecule has 33 heavy (non-hydrogen) atoms. The fourth-order valence-electron chi connectivity index (χ4n) is 4.94. The predicted molar refractivity (Wildman–Crippen MR) is 121 cm³/mol. The van der Waals surface area contributed by atoms with Crippen LogP contribution in [0.3, 0.4) is 0 Å². The molecule has 1 atom stereocenters. The van der Waals surface area contributed by atoms with E-state index >= 15 is 0 Å². The van der Waals surface area contributed by atoms with E-state index in [1.165, 1.54) is 0 Å². The van der Waals surface area contributed by atoms with E-state index in [0.29, 0.717) is 43.6 Å². The Hall–Kier alpha value is -2.85. The van der Waals surface area contributed by atoms with Crippen molar-refractivity contribution >= 4 is 17.5 Å². The maximum absolute atomic E-state index is 13.2. The average Bonchev–Trinajstić information content (AvgIpc) is 3.43. The van der Waals surface area contributed by atoms with Gasteiger partial charge in [0.25, 0.3) is 5.91 Å². The first-order valence-corrected chi connectivity index (χ1v) is 11.5. The second kappa shape index (κ2) is 7.88. The molecule has 5 heterocycles. The van der Waals surface area contributed by atoms with Crippen molar-refractivity contribution in [2.45, 2.75) is 12.3 Å². The Morgan fingerprint density at radius 3 is 2.76 bits per heavy atom. The highest BCUT2D eigenvalue weighted by Gasteiger charge is 2.51. The van der Waals surface area contributed by atoms with Crippen LogP contribution in [-0.4, -0.2) is 86.7 Å². The van der Waals surface area contributed by atoms with Gasteiger partial charge in [-0.25, -0.2) is 9.67 Å². The molecule has 2 aromatic heterocycles. The van der Waals surface area contributed by atoms with Gasteiger partial charge in [0.15, 0.2) is 5.72 Å². The summed E-state index contributed by atoms with van der Waals surface area (Å²) in [6, 6.07) is 11.4. The fourth-order valence-corrected chi connectivity index (χ4v) is 5.12. The van der Waals surface area contributed by atoms with Crippen molar-refractivity contribution < 1.29 is 9.53 Å². The maximum Gasteiger partial charge on any atom is 0.293 e. The third-order valence-corrected chi connectivity index (χ3v) is 6.90. The first kappa shape index (κ1) is 20.7. The van der Waals surface area contributed by atoms with Gasteiger partial charge in [0.2, 0.25) is 5.82 Å². The Kier molecular flexibility index (Phi) is 4.95. The molecule has 0 N–H and O–H groups in total. The highest BCUT2D eigenvalue weighted by molar-refractivity contribution is 6.30. The van der Waals surface area contributed by atoms with Gasteiger partial charge in [-0.1, -0.05) is 17.7 Å². The number of pyridine rings is 1. The number of hydrogen-bond donors (Lipinski definition) is 0. The molecule has 6 rings (SSSR count). The van der Waals surface area contributed by atoms with E-state index in [4.69, 9.17) is 21.3 Å². The monoisotopic (exact) mass is 465 g/mol. The average molecular weight is 466 g/mol. The lowest BCUT2D eigenvalue weighted by atomic mass is 9.95. The number of amides is 1. The molecule has 0 radical (unpaired) electrons. The van der Waals surface area contributed by atoms with E-state index in [-0.39, 0.29) is 11.7 Å². The number of rotatable bonds is 2. The first-order valence-electron chi connectivity index (χ1n) is 11.1. The van der Waals surface area contributed by atoms with E-state index in [0.717, 1.165) is 30.0 Å². The minimum absolute atomic E-state index is 0.132. The number of piperazine rings is 1. The predicted octanol–water partition coefficient (Wildman–Crippen LogP) is 1.75. The molecular weight excluding hydrogens is 442 g/mol. The summed E-state index contributed by atoms with van der Waals surface area (Å²) in [5.41, 5.74) is 1.51. The number of nitrogens with zero attached hydrogens (tertiary/aromatic N) is 7. The van der Waals surface area contributed by atoms with Gasteiger partial charge in [-0.2, -0.15) is 0 Å². The Morgan fingerprint density at radius 1 is 1.12 bits per heavy atom. The number of benzene rings is 1. The minimum Gasteiger partial charge on any atom is -0.349 e. The molecule has 3 aliphatic rings. The molecule has 2 saturated heterocycles. The SMILES string of the molecule is CN1CCN(C(=O)c2nc3n(n2)-c2ccc(Cl)cc2C2(c4ccccn4)OCCN2C3)CC1. The molecule has 1 aromatic carbocycles. The minimum atomic E-state index is -0.897. The Bertz CT molecular complexity index is 1210. The van der Waals surface area contributed by atoms with Gasteiger partial charge in [0.05, 0.1) is 24.5 Å². The van der Waals surface area contributed by atoms with Crippen LogP contribution >= 0.6 is 11.6 Å². The van der Waals surface area contributed by atoms with Crippen LogP contribution < -0.4 is 0 Å². The van der Waals surface area contributed by atoms with Crippen LogP contribution in [0, 0.1) is 0 Å².